The van der Waals surface area contributed by atoms with Crippen LogP contribution < -0.4 is 5.19 Å². The molecule has 16 heavy (non-hydrogen) atoms. The molecule has 0 amide bonds. The third kappa shape index (κ3) is 2.36. The number of aryl methyl sites for hydroxylation is 1. The van der Waals surface area contributed by atoms with Crippen molar-refractivity contribution in [3.8, 4) is 23.9 Å². The quantitative estimate of drug-likeness (QED) is 0.565. The van der Waals surface area contributed by atoms with Crippen molar-refractivity contribution in [1.82, 2.24) is 0 Å². The average Bonchev–Trinajstić information content (AvgIpc) is 2.33. The van der Waals surface area contributed by atoms with E-state index in [1.165, 1.54) is 0 Å². The zero-order valence-corrected chi connectivity index (χ0v) is 10.8. The molecule has 0 radical (unpaired) electrons. The monoisotopic (exact) mass is 228 g/mol. The minimum absolute atomic E-state index is 0.620. The Morgan fingerprint density at radius 3 is 2.38 bits per heavy atom. The van der Waals surface area contributed by atoms with E-state index in [4.69, 9.17) is 17.3 Å². The SMILES string of the molecule is C#C[Si](C#C)(OCCC)c1ccccc1C. The Hall–Kier alpha value is -1.48. The zero-order valence-electron chi connectivity index (χ0n) is 9.79. The molecule has 0 heterocycles. The van der Waals surface area contributed by atoms with Crippen LogP contribution in [0.5, 0.6) is 0 Å². The summed E-state index contributed by atoms with van der Waals surface area (Å²) in [5.41, 5.74) is 6.59. The van der Waals surface area contributed by atoms with E-state index in [0.29, 0.717) is 6.61 Å². The number of benzene rings is 1. The largest absolute Gasteiger partial charge is 0.393 e. The summed E-state index contributed by atoms with van der Waals surface area (Å²) in [5.74, 6) is 0. The molecule has 0 spiro atoms. The zero-order chi connectivity index (χ0) is 12.0. The third-order valence-electron chi connectivity index (χ3n) is 2.45. The molecule has 0 saturated heterocycles. The van der Waals surface area contributed by atoms with Gasteiger partial charge in [0.05, 0.1) is 0 Å². The van der Waals surface area contributed by atoms with Gasteiger partial charge in [0.15, 0.2) is 0 Å². The minimum atomic E-state index is -2.63. The van der Waals surface area contributed by atoms with E-state index < -0.39 is 8.32 Å². The van der Waals surface area contributed by atoms with Crippen LogP contribution in [0.15, 0.2) is 24.3 Å². The summed E-state index contributed by atoms with van der Waals surface area (Å²) in [6, 6.07) is 7.93. The Kier molecular flexibility index (Phi) is 4.37. The molecular weight excluding hydrogens is 212 g/mol. The van der Waals surface area contributed by atoms with Gasteiger partial charge in [-0.3, -0.25) is 0 Å². The molecule has 0 fully saturated rings. The Morgan fingerprint density at radius 1 is 1.25 bits per heavy atom. The maximum Gasteiger partial charge on any atom is 0.386 e. The second-order valence-corrected chi connectivity index (χ2v) is 6.40. The van der Waals surface area contributed by atoms with Crippen LogP contribution in [0.25, 0.3) is 0 Å². The smallest absolute Gasteiger partial charge is 0.386 e. The van der Waals surface area contributed by atoms with E-state index in [1.54, 1.807) is 0 Å². The fourth-order valence-corrected chi connectivity index (χ4v) is 3.78. The molecule has 0 unspecified atom stereocenters. The highest BCUT2D eigenvalue weighted by molar-refractivity contribution is 6.99. The summed E-state index contributed by atoms with van der Waals surface area (Å²) in [6.45, 7) is 4.68. The van der Waals surface area contributed by atoms with E-state index in [0.717, 1.165) is 17.2 Å². The van der Waals surface area contributed by atoms with Gasteiger partial charge in [-0.25, -0.2) is 0 Å². The lowest BCUT2D eigenvalue weighted by molar-refractivity contribution is 0.324. The van der Waals surface area contributed by atoms with Gasteiger partial charge in [-0.2, -0.15) is 0 Å². The highest BCUT2D eigenvalue weighted by Crippen LogP contribution is 2.08. The molecule has 2 heteroatoms. The van der Waals surface area contributed by atoms with Crippen molar-refractivity contribution in [2.24, 2.45) is 0 Å². The predicted molar refractivity (Wildman–Crippen MR) is 70.5 cm³/mol. The number of hydrogen-bond donors (Lipinski definition) is 0. The molecular formula is C14H16OSi. The maximum absolute atomic E-state index is 5.81. The van der Waals surface area contributed by atoms with E-state index in [1.807, 2.05) is 38.1 Å². The average molecular weight is 228 g/mol. The van der Waals surface area contributed by atoms with Crippen LogP contribution in [0, 0.1) is 30.9 Å². The van der Waals surface area contributed by atoms with Crippen LogP contribution in [0.4, 0.5) is 0 Å². The van der Waals surface area contributed by atoms with Crippen molar-refractivity contribution in [3.05, 3.63) is 29.8 Å². The molecule has 1 rings (SSSR count). The number of hydrogen-bond acceptors (Lipinski definition) is 1. The molecule has 0 aliphatic heterocycles. The summed E-state index contributed by atoms with van der Waals surface area (Å²) < 4.78 is 5.81. The molecule has 0 aromatic heterocycles. The van der Waals surface area contributed by atoms with Crippen LogP contribution in [0.3, 0.4) is 0 Å². The van der Waals surface area contributed by atoms with Crippen LogP contribution >= 0.6 is 0 Å². The molecule has 0 aliphatic rings. The lowest BCUT2D eigenvalue weighted by Crippen LogP contribution is -2.50. The number of terminal acetylenes is 2. The molecule has 1 aromatic rings. The van der Waals surface area contributed by atoms with Crippen molar-refractivity contribution >= 4 is 13.5 Å². The summed E-state index contributed by atoms with van der Waals surface area (Å²) in [5, 5.41) is 1.02. The maximum atomic E-state index is 5.81. The predicted octanol–water partition coefficient (Wildman–Crippen LogP) is 1.92. The molecule has 0 saturated carbocycles. The van der Waals surface area contributed by atoms with Gasteiger partial charge in [0, 0.05) is 6.61 Å². The Labute approximate surface area is 99.0 Å². The standard InChI is InChI=1S/C14H16OSi/c1-5-12-15-16(6-2,7-3)14-11-9-8-10-13(14)4/h2-3,8-11H,5,12H2,1,4H3. The van der Waals surface area contributed by atoms with Crippen LogP contribution in [-0.2, 0) is 4.43 Å². The summed E-state index contributed by atoms with van der Waals surface area (Å²) in [4.78, 5) is 0. The van der Waals surface area contributed by atoms with Crippen molar-refractivity contribution in [2.45, 2.75) is 20.3 Å². The van der Waals surface area contributed by atoms with Gasteiger partial charge in [-0.05, 0) is 24.1 Å². The first-order valence-corrected chi connectivity index (χ1v) is 7.26. The third-order valence-corrected chi connectivity index (χ3v) is 5.22. The van der Waals surface area contributed by atoms with Gasteiger partial charge in [-0.1, -0.05) is 42.3 Å². The van der Waals surface area contributed by atoms with Gasteiger partial charge in [0.2, 0.25) is 0 Å². The van der Waals surface area contributed by atoms with Gasteiger partial charge < -0.3 is 4.43 Å². The lowest BCUT2D eigenvalue weighted by atomic mass is 10.2. The molecule has 0 atom stereocenters. The van der Waals surface area contributed by atoms with Crippen LogP contribution in [-0.4, -0.2) is 14.9 Å². The summed E-state index contributed by atoms with van der Waals surface area (Å²) >= 11 is 0. The van der Waals surface area contributed by atoms with E-state index in [-0.39, 0.29) is 0 Å². The molecule has 0 N–H and O–H groups in total. The van der Waals surface area contributed by atoms with Gasteiger partial charge in [0.1, 0.15) is 0 Å². The fourth-order valence-electron chi connectivity index (χ4n) is 1.58. The summed E-state index contributed by atoms with van der Waals surface area (Å²) in [7, 11) is -2.63. The lowest BCUT2D eigenvalue weighted by Gasteiger charge is -2.21. The van der Waals surface area contributed by atoms with Gasteiger partial charge in [-0.15, -0.1) is 12.8 Å². The van der Waals surface area contributed by atoms with Crippen LogP contribution in [0.1, 0.15) is 18.9 Å². The Balaban J connectivity index is 3.18. The Morgan fingerprint density at radius 2 is 1.88 bits per heavy atom. The molecule has 0 bridgehead atoms. The van der Waals surface area contributed by atoms with Crippen molar-refractivity contribution in [3.63, 3.8) is 0 Å². The first-order chi connectivity index (χ1) is 7.70. The number of rotatable bonds is 4. The van der Waals surface area contributed by atoms with Crippen molar-refractivity contribution in [2.75, 3.05) is 6.61 Å². The highest BCUT2D eigenvalue weighted by atomic mass is 28.4. The van der Waals surface area contributed by atoms with E-state index in [2.05, 4.69) is 11.1 Å². The summed E-state index contributed by atoms with van der Waals surface area (Å²) in [6.07, 6.45) is 12.1. The minimum Gasteiger partial charge on any atom is -0.393 e. The highest BCUT2D eigenvalue weighted by Gasteiger charge is 2.35. The molecule has 0 aliphatic carbocycles. The second-order valence-electron chi connectivity index (χ2n) is 3.63. The van der Waals surface area contributed by atoms with Crippen molar-refractivity contribution in [1.29, 1.82) is 0 Å². The van der Waals surface area contributed by atoms with E-state index in [9.17, 15) is 0 Å². The van der Waals surface area contributed by atoms with Crippen molar-refractivity contribution < 1.29 is 4.43 Å². The Bertz CT molecular complexity index is 423. The first kappa shape index (κ1) is 12.6. The molecule has 82 valence electrons. The molecule has 1 aromatic carbocycles. The van der Waals surface area contributed by atoms with Crippen LogP contribution in [0.2, 0.25) is 0 Å². The normalized spacial score (nSPS) is 10.5. The first-order valence-electron chi connectivity index (χ1n) is 5.35. The van der Waals surface area contributed by atoms with E-state index >= 15 is 0 Å². The van der Waals surface area contributed by atoms with Gasteiger partial charge in [0.25, 0.3) is 0 Å². The fraction of sp³-hybridized carbons (Fsp3) is 0.286. The molecule has 1 nitrogen and oxygen atoms in total. The second kappa shape index (κ2) is 5.56. The van der Waals surface area contributed by atoms with Gasteiger partial charge >= 0.3 is 8.32 Å². The topological polar surface area (TPSA) is 9.23 Å².